The van der Waals surface area contributed by atoms with Crippen molar-refractivity contribution < 1.29 is 19.4 Å². The van der Waals surface area contributed by atoms with Crippen LogP contribution in [0.5, 0.6) is 0 Å². The van der Waals surface area contributed by atoms with Crippen molar-refractivity contribution in [3.8, 4) is 6.07 Å². The number of morpholine rings is 1. The summed E-state index contributed by atoms with van der Waals surface area (Å²) in [5.74, 6) is -0.334. The second kappa shape index (κ2) is 12.3. The van der Waals surface area contributed by atoms with Crippen LogP contribution in [-0.4, -0.2) is 63.6 Å². The second-order valence-electron chi connectivity index (χ2n) is 8.44. The van der Waals surface area contributed by atoms with Gasteiger partial charge in [-0.1, -0.05) is 37.3 Å². The molecule has 1 N–H and O–H groups in total. The number of carbonyl (C=O) groups excluding carboxylic acids is 1. The average Bonchev–Trinajstić information content (AvgIpc) is 3.10. The molecule has 1 aromatic heterocycles. The number of anilines is 1. The predicted molar refractivity (Wildman–Crippen MR) is 139 cm³/mol. The number of amides is 1. The van der Waals surface area contributed by atoms with E-state index in [1.54, 1.807) is 22.5 Å². The molecule has 0 atom stereocenters. The molecule has 2 aliphatic heterocycles. The Morgan fingerprint density at radius 1 is 1.23 bits per heavy atom. The van der Waals surface area contributed by atoms with Gasteiger partial charge in [-0.15, -0.1) is 0 Å². The van der Waals surface area contributed by atoms with Crippen LogP contribution in [0, 0.1) is 18.3 Å². The molecule has 2 fully saturated rings. The number of aliphatic carboxylic acids is 1. The molecule has 3 rings (SSSR count). The topological polar surface area (TPSA) is 116 Å². The fraction of sp³-hybridized carbons (Fsp3) is 0.542. The molecule has 0 aromatic carbocycles. The molecule has 0 unspecified atom stereocenters. The minimum atomic E-state index is -0.828. The number of hydrogen-bond donors (Lipinski definition) is 1. The van der Waals surface area contributed by atoms with Crippen molar-refractivity contribution in [2.24, 2.45) is 0 Å². The van der Waals surface area contributed by atoms with E-state index in [1.165, 1.54) is 11.8 Å². The number of thioether (sulfide) groups is 1. The lowest BCUT2D eigenvalue weighted by molar-refractivity contribution is -0.137. The standard InChI is InChI=1S/C24H30N4O5S2/c1-3-8-27-21(26-10-12-33-13-11-26)17(16(2)18(15-25)22(27)31)14-19-23(32)28(24(34)35-19)9-6-4-5-7-20(29)30/h14H,3-13H2,1-2H3,(H,29,30)/b19-14-. The summed E-state index contributed by atoms with van der Waals surface area (Å²) in [5, 5.41) is 18.5. The molecule has 11 heteroatoms. The van der Waals surface area contributed by atoms with Crippen molar-refractivity contribution in [3.63, 3.8) is 0 Å². The minimum Gasteiger partial charge on any atom is -0.481 e. The third-order valence-electron chi connectivity index (χ3n) is 6.03. The van der Waals surface area contributed by atoms with Gasteiger partial charge in [-0.05, 0) is 37.8 Å². The summed E-state index contributed by atoms with van der Waals surface area (Å²) in [6, 6.07) is 2.06. The molecule has 1 aromatic rings. The Morgan fingerprint density at radius 2 is 1.94 bits per heavy atom. The van der Waals surface area contributed by atoms with E-state index in [4.69, 9.17) is 22.1 Å². The van der Waals surface area contributed by atoms with Crippen molar-refractivity contribution in [1.82, 2.24) is 9.47 Å². The summed E-state index contributed by atoms with van der Waals surface area (Å²) >= 11 is 6.66. The molecular formula is C24H30N4O5S2. The van der Waals surface area contributed by atoms with Crippen LogP contribution in [0.15, 0.2) is 9.70 Å². The van der Waals surface area contributed by atoms with Gasteiger partial charge in [-0.25, -0.2) is 0 Å². The number of carboxylic acid groups (broad SMARTS) is 1. The second-order valence-corrected chi connectivity index (χ2v) is 10.1. The highest BCUT2D eigenvalue weighted by Gasteiger charge is 2.33. The van der Waals surface area contributed by atoms with E-state index in [0.29, 0.717) is 91.2 Å². The average molecular weight is 519 g/mol. The number of aromatic nitrogens is 1. The zero-order valence-electron chi connectivity index (χ0n) is 20.0. The van der Waals surface area contributed by atoms with Gasteiger partial charge < -0.3 is 14.7 Å². The maximum absolute atomic E-state index is 13.2. The molecular weight excluding hydrogens is 488 g/mol. The largest absolute Gasteiger partial charge is 0.481 e. The molecule has 35 heavy (non-hydrogen) atoms. The van der Waals surface area contributed by atoms with E-state index in [1.807, 2.05) is 6.92 Å². The monoisotopic (exact) mass is 518 g/mol. The van der Waals surface area contributed by atoms with Gasteiger partial charge >= 0.3 is 5.97 Å². The predicted octanol–water partition coefficient (Wildman–Crippen LogP) is 3.12. The highest BCUT2D eigenvalue weighted by molar-refractivity contribution is 8.26. The van der Waals surface area contributed by atoms with Crippen LogP contribution in [0.4, 0.5) is 5.82 Å². The molecule has 2 aliphatic rings. The van der Waals surface area contributed by atoms with E-state index in [9.17, 15) is 19.6 Å². The number of ether oxygens (including phenoxy) is 1. The quantitative estimate of drug-likeness (QED) is 0.283. The summed E-state index contributed by atoms with van der Waals surface area (Å²) in [7, 11) is 0. The molecule has 1 amide bonds. The van der Waals surface area contributed by atoms with Gasteiger partial charge in [0.1, 0.15) is 21.8 Å². The molecule has 188 valence electrons. The van der Waals surface area contributed by atoms with E-state index < -0.39 is 5.97 Å². The van der Waals surface area contributed by atoms with Crippen molar-refractivity contribution >= 4 is 52.1 Å². The van der Waals surface area contributed by atoms with Crippen LogP contribution in [-0.2, 0) is 20.9 Å². The van der Waals surface area contributed by atoms with Crippen molar-refractivity contribution in [2.45, 2.75) is 52.5 Å². The molecule has 2 saturated heterocycles. The number of unbranched alkanes of at least 4 members (excludes halogenated alkanes) is 2. The lowest BCUT2D eigenvalue weighted by Gasteiger charge is -2.33. The number of pyridine rings is 1. The van der Waals surface area contributed by atoms with Crippen LogP contribution in [0.1, 0.15) is 55.7 Å². The number of nitriles is 1. The number of rotatable bonds is 10. The van der Waals surface area contributed by atoms with Gasteiger partial charge in [-0.2, -0.15) is 5.26 Å². The van der Waals surface area contributed by atoms with E-state index in [0.717, 1.165) is 0 Å². The van der Waals surface area contributed by atoms with Gasteiger partial charge in [0.05, 0.1) is 18.1 Å². The van der Waals surface area contributed by atoms with Crippen LogP contribution < -0.4 is 10.5 Å². The highest BCUT2D eigenvalue weighted by Crippen LogP contribution is 2.36. The van der Waals surface area contributed by atoms with Crippen LogP contribution in [0.3, 0.4) is 0 Å². The third kappa shape index (κ3) is 6.12. The zero-order chi connectivity index (χ0) is 25.5. The Kier molecular flexibility index (Phi) is 9.48. The summed E-state index contributed by atoms with van der Waals surface area (Å²) < 4.78 is 7.60. The molecule has 0 saturated carbocycles. The summed E-state index contributed by atoms with van der Waals surface area (Å²) in [4.78, 5) is 41.2. The van der Waals surface area contributed by atoms with Gasteiger partial charge in [0.15, 0.2) is 0 Å². The first-order chi connectivity index (χ1) is 16.8. The van der Waals surface area contributed by atoms with Gasteiger partial charge in [0.25, 0.3) is 11.5 Å². The van der Waals surface area contributed by atoms with Crippen LogP contribution in [0.2, 0.25) is 0 Å². The molecule has 0 aliphatic carbocycles. The summed E-state index contributed by atoms with van der Waals surface area (Å²) in [6.45, 7) is 6.87. The zero-order valence-corrected chi connectivity index (χ0v) is 21.7. The Balaban J connectivity index is 1.98. The van der Waals surface area contributed by atoms with Gasteiger partial charge in [0, 0.05) is 38.2 Å². The van der Waals surface area contributed by atoms with Crippen molar-refractivity contribution in [1.29, 1.82) is 5.26 Å². The molecule has 9 nitrogen and oxygen atoms in total. The summed E-state index contributed by atoms with van der Waals surface area (Å²) in [6.07, 6.45) is 4.49. The van der Waals surface area contributed by atoms with Gasteiger partial charge in [-0.3, -0.25) is 23.9 Å². The Labute approximate surface area is 214 Å². The molecule has 0 radical (unpaired) electrons. The Hall–Kier alpha value is -2.68. The molecule has 0 bridgehead atoms. The fourth-order valence-corrected chi connectivity index (χ4v) is 5.53. The fourth-order valence-electron chi connectivity index (χ4n) is 4.24. The number of nitrogens with zero attached hydrogens (tertiary/aromatic N) is 4. The maximum atomic E-state index is 13.2. The number of carbonyl (C=O) groups is 2. The summed E-state index contributed by atoms with van der Waals surface area (Å²) in [5.41, 5.74) is 0.985. The van der Waals surface area contributed by atoms with E-state index in [2.05, 4.69) is 11.0 Å². The van der Waals surface area contributed by atoms with Crippen molar-refractivity contribution in [3.05, 3.63) is 31.9 Å². The molecule has 3 heterocycles. The SMILES string of the molecule is CCCn1c(N2CCOCC2)c(/C=C2\SC(=S)N(CCCCCC(=O)O)C2=O)c(C)c(C#N)c1=O. The van der Waals surface area contributed by atoms with Crippen LogP contribution in [0.25, 0.3) is 6.08 Å². The van der Waals surface area contributed by atoms with Gasteiger partial charge in [0.2, 0.25) is 0 Å². The Morgan fingerprint density at radius 3 is 2.57 bits per heavy atom. The van der Waals surface area contributed by atoms with Crippen LogP contribution >= 0.6 is 24.0 Å². The number of carboxylic acids is 1. The van der Waals surface area contributed by atoms with E-state index in [-0.39, 0.29) is 23.5 Å². The van der Waals surface area contributed by atoms with E-state index >= 15 is 0 Å². The Bertz CT molecular complexity index is 1130. The normalized spacial score (nSPS) is 17.3. The lowest BCUT2D eigenvalue weighted by atomic mass is 10.0. The highest BCUT2D eigenvalue weighted by atomic mass is 32.2. The van der Waals surface area contributed by atoms with Crippen molar-refractivity contribution in [2.75, 3.05) is 37.7 Å². The maximum Gasteiger partial charge on any atom is 0.303 e. The first-order valence-electron chi connectivity index (χ1n) is 11.8. The first kappa shape index (κ1) is 26.9. The number of hydrogen-bond acceptors (Lipinski definition) is 8. The number of thiocarbonyl (C=S) groups is 1. The first-order valence-corrected chi connectivity index (χ1v) is 13.0. The lowest BCUT2D eigenvalue weighted by Crippen LogP contribution is -2.41. The minimum absolute atomic E-state index is 0.0793. The molecule has 0 spiro atoms. The smallest absolute Gasteiger partial charge is 0.303 e. The third-order valence-corrected chi connectivity index (χ3v) is 7.40.